The highest BCUT2D eigenvalue weighted by atomic mass is 19.1. The fraction of sp³-hybridized carbons (Fsp3) is 0.280. The van der Waals surface area contributed by atoms with Crippen molar-refractivity contribution in [1.82, 2.24) is 19.4 Å². The summed E-state index contributed by atoms with van der Waals surface area (Å²) in [7, 11) is 1.41. The third-order valence-corrected chi connectivity index (χ3v) is 5.92. The van der Waals surface area contributed by atoms with E-state index in [9.17, 15) is 4.39 Å². The third-order valence-electron chi connectivity index (χ3n) is 5.92. The summed E-state index contributed by atoms with van der Waals surface area (Å²) >= 11 is 0. The van der Waals surface area contributed by atoms with Crippen molar-refractivity contribution in [3.63, 3.8) is 0 Å². The Bertz CT molecular complexity index is 1330. The zero-order chi connectivity index (χ0) is 23.7. The number of aromatic nitrogens is 3. The largest absolute Gasteiger partial charge is 0.494 e. The number of morpholine rings is 1. The predicted octanol–water partition coefficient (Wildman–Crippen LogP) is 4.59. The molecule has 1 aliphatic rings. The Morgan fingerprint density at radius 1 is 1.06 bits per heavy atom. The minimum atomic E-state index is -0.451. The molecule has 0 spiro atoms. The van der Waals surface area contributed by atoms with Gasteiger partial charge in [0.25, 0.3) is 0 Å². The van der Waals surface area contributed by atoms with E-state index in [1.807, 2.05) is 29.7 Å². The van der Waals surface area contributed by atoms with E-state index in [1.165, 1.54) is 19.2 Å². The first-order valence-corrected chi connectivity index (χ1v) is 11.1. The zero-order valence-corrected chi connectivity index (χ0v) is 19.0. The molecule has 0 atom stereocenters. The molecule has 0 radical (unpaired) electrons. The summed E-state index contributed by atoms with van der Waals surface area (Å²) in [6, 6.07) is 11.7. The molecule has 1 fully saturated rings. The third kappa shape index (κ3) is 4.44. The van der Waals surface area contributed by atoms with Gasteiger partial charge in [-0.15, -0.1) is 0 Å². The highest BCUT2D eigenvalue weighted by Crippen LogP contribution is 2.27. The monoisotopic (exact) mass is 465 g/mol. The molecule has 34 heavy (non-hydrogen) atoms. The maximum atomic E-state index is 15.0. The average Bonchev–Trinajstić information content (AvgIpc) is 3.17. The molecule has 7 nitrogen and oxygen atoms in total. The topological polar surface area (TPSA) is 64.4 Å². The summed E-state index contributed by atoms with van der Waals surface area (Å²) in [5.41, 5.74) is 3.48. The van der Waals surface area contributed by atoms with Crippen molar-refractivity contribution >= 4 is 22.7 Å². The summed E-state index contributed by atoms with van der Waals surface area (Å²) < 4.78 is 41.1. The Hall–Kier alpha value is -3.56. The number of hydrogen-bond acceptors (Lipinski definition) is 6. The molecule has 1 saturated heterocycles. The van der Waals surface area contributed by atoms with Crippen LogP contribution in [0.15, 0.2) is 48.7 Å². The van der Waals surface area contributed by atoms with Crippen LogP contribution in [0.3, 0.4) is 0 Å². The van der Waals surface area contributed by atoms with Crippen LogP contribution in [0.1, 0.15) is 11.3 Å². The van der Waals surface area contributed by atoms with Crippen LogP contribution in [0.4, 0.5) is 20.4 Å². The molecule has 5 rings (SSSR count). The lowest BCUT2D eigenvalue weighted by atomic mass is 10.1. The van der Waals surface area contributed by atoms with Gasteiger partial charge in [0.15, 0.2) is 11.6 Å². The second-order valence-corrected chi connectivity index (χ2v) is 8.23. The number of benzene rings is 2. The van der Waals surface area contributed by atoms with Crippen LogP contribution < -0.4 is 10.1 Å². The van der Waals surface area contributed by atoms with E-state index in [0.717, 1.165) is 24.2 Å². The van der Waals surface area contributed by atoms with Gasteiger partial charge in [-0.3, -0.25) is 9.47 Å². The first-order chi connectivity index (χ1) is 16.5. The standard InChI is InChI=1S/C25H25F2N5O2/c1-16-11-18-14-28-25(29-19-4-6-21(26)23(12-19)33-2)30-24(18)32(16)20-5-3-17(22(27)13-20)15-31-7-9-34-10-8-31/h3-6,11-14H,7-10,15H2,1-2H3,(H,28,29,30). The molecular formula is C25H25F2N5O2. The summed E-state index contributed by atoms with van der Waals surface area (Å²) in [5, 5.41) is 3.91. The highest BCUT2D eigenvalue weighted by molar-refractivity contribution is 5.80. The molecule has 4 aromatic rings. The summed E-state index contributed by atoms with van der Waals surface area (Å²) in [4.78, 5) is 11.2. The van der Waals surface area contributed by atoms with Gasteiger partial charge in [-0.1, -0.05) is 6.07 Å². The molecule has 2 aromatic carbocycles. The minimum Gasteiger partial charge on any atom is -0.494 e. The van der Waals surface area contributed by atoms with Gasteiger partial charge >= 0.3 is 0 Å². The first kappa shape index (κ1) is 22.2. The van der Waals surface area contributed by atoms with E-state index in [0.29, 0.717) is 48.3 Å². The Labute approximate surface area is 196 Å². The fourth-order valence-corrected chi connectivity index (χ4v) is 4.18. The lowest BCUT2D eigenvalue weighted by molar-refractivity contribution is 0.0337. The lowest BCUT2D eigenvalue weighted by Gasteiger charge is -2.26. The van der Waals surface area contributed by atoms with E-state index in [1.54, 1.807) is 18.3 Å². The minimum absolute atomic E-state index is 0.123. The molecule has 0 aliphatic carbocycles. The molecule has 2 aromatic heterocycles. The number of fused-ring (bicyclic) bond motifs is 1. The molecule has 1 N–H and O–H groups in total. The highest BCUT2D eigenvalue weighted by Gasteiger charge is 2.16. The van der Waals surface area contributed by atoms with Crippen molar-refractivity contribution in [3.05, 3.63) is 71.6 Å². The van der Waals surface area contributed by atoms with Crippen LogP contribution in [0.2, 0.25) is 0 Å². The van der Waals surface area contributed by atoms with Crippen LogP contribution in [0, 0.1) is 18.6 Å². The van der Waals surface area contributed by atoms with Crippen molar-refractivity contribution in [1.29, 1.82) is 0 Å². The maximum absolute atomic E-state index is 15.0. The fourth-order valence-electron chi connectivity index (χ4n) is 4.18. The van der Waals surface area contributed by atoms with Crippen LogP contribution >= 0.6 is 0 Å². The number of rotatable bonds is 6. The predicted molar refractivity (Wildman–Crippen MR) is 126 cm³/mol. The number of anilines is 2. The van der Waals surface area contributed by atoms with Crippen LogP contribution in [-0.2, 0) is 11.3 Å². The lowest BCUT2D eigenvalue weighted by Crippen LogP contribution is -2.35. The van der Waals surface area contributed by atoms with E-state index >= 15 is 4.39 Å². The Kier molecular flexibility index (Phi) is 6.12. The first-order valence-electron chi connectivity index (χ1n) is 11.1. The normalized spacial score (nSPS) is 14.5. The van der Waals surface area contributed by atoms with Gasteiger partial charge in [-0.2, -0.15) is 4.98 Å². The van der Waals surface area contributed by atoms with Gasteiger partial charge < -0.3 is 14.8 Å². The van der Waals surface area contributed by atoms with E-state index < -0.39 is 5.82 Å². The summed E-state index contributed by atoms with van der Waals surface area (Å²) in [5.74, 6) is -0.244. The summed E-state index contributed by atoms with van der Waals surface area (Å²) in [6.45, 7) is 5.45. The SMILES string of the molecule is COc1cc(Nc2ncc3cc(C)n(-c4ccc(CN5CCOCC5)c(F)c4)c3n2)ccc1F. The number of nitrogens with zero attached hydrogens (tertiary/aromatic N) is 4. The van der Waals surface area contributed by atoms with Crippen molar-refractivity contribution in [2.75, 3.05) is 38.7 Å². The van der Waals surface area contributed by atoms with E-state index in [-0.39, 0.29) is 11.6 Å². The van der Waals surface area contributed by atoms with E-state index in [2.05, 4.69) is 20.2 Å². The number of nitrogens with one attached hydrogen (secondary N) is 1. The van der Waals surface area contributed by atoms with Crippen molar-refractivity contribution in [2.45, 2.75) is 13.5 Å². The second kappa shape index (κ2) is 9.36. The van der Waals surface area contributed by atoms with E-state index in [4.69, 9.17) is 9.47 Å². The number of ether oxygens (including phenoxy) is 2. The Morgan fingerprint density at radius 3 is 2.65 bits per heavy atom. The Morgan fingerprint density at radius 2 is 1.88 bits per heavy atom. The summed E-state index contributed by atoms with van der Waals surface area (Å²) in [6.07, 6.45) is 1.71. The molecule has 0 amide bonds. The van der Waals surface area contributed by atoms with Crippen molar-refractivity contribution < 1.29 is 18.3 Å². The molecular weight excluding hydrogens is 440 g/mol. The van der Waals surface area contributed by atoms with Gasteiger partial charge in [0.05, 0.1) is 26.0 Å². The number of hydrogen-bond donors (Lipinski definition) is 1. The van der Waals surface area contributed by atoms with Gasteiger partial charge in [-0.25, -0.2) is 13.8 Å². The van der Waals surface area contributed by atoms with Crippen molar-refractivity contribution in [3.8, 4) is 11.4 Å². The average molecular weight is 466 g/mol. The van der Waals surface area contributed by atoms with Gasteiger partial charge in [0, 0.05) is 54.2 Å². The molecule has 176 valence electrons. The molecule has 3 heterocycles. The number of methoxy groups -OCH3 is 1. The smallest absolute Gasteiger partial charge is 0.229 e. The van der Waals surface area contributed by atoms with Crippen molar-refractivity contribution in [2.24, 2.45) is 0 Å². The quantitative estimate of drug-likeness (QED) is 0.449. The number of aryl methyl sites for hydroxylation is 1. The van der Waals surface area contributed by atoms with Gasteiger partial charge in [0.2, 0.25) is 5.95 Å². The van der Waals surface area contributed by atoms with Crippen LogP contribution in [0.5, 0.6) is 5.75 Å². The van der Waals surface area contributed by atoms with Gasteiger partial charge in [0.1, 0.15) is 11.5 Å². The van der Waals surface area contributed by atoms with Crippen LogP contribution in [-0.4, -0.2) is 52.8 Å². The number of halogens is 2. The molecule has 0 unspecified atom stereocenters. The molecule has 1 aliphatic heterocycles. The molecule has 9 heteroatoms. The zero-order valence-electron chi connectivity index (χ0n) is 19.0. The molecule has 0 bridgehead atoms. The van der Waals surface area contributed by atoms with Crippen LogP contribution in [0.25, 0.3) is 16.7 Å². The van der Waals surface area contributed by atoms with Gasteiger partial charge in [-0.05, 0) is 37.3 Å². The maximum Gasteiger partial charge on any atom is 0.229 e. The second-order valence-electron chi connectivity index (χ2n) is 8.23. The molecule has 0 saturated carbocycles. The Balaban J connectivity index is 1.45.